The van der Waals surface area contributed by atoms with Gasteiger partial charge < -0.3 is 16.0 Å². The summed E-state index contributed by atoms with van der Waals surface area (Å²) in [6.45, 7) is 0. The monoisotopic (exact) mass is 252 g/mol. The highest BCUT2D eigenvalue weighted by Crippen LogP contribution is 2.31. The summed E-state index contributed by atoms with van der Waals surface area (Å²) in [6.07, 6.45) is 2.95. The van der Waals surface area contributed by atoms with Crippen LogP contribution in [0.1, 0.15) is 17.5 Å². The first-order valence-electron chi connectivity index (χ1n) is 5.99. The third-order valence-electron chi connectivity index (χ3n) is 3.33. The van der Waals surface area contributed by atoms with Crippen LogP contribution in [0.25, 0.3) is 11.1 Å². The number of anilines is 2. The molecule has 4 N–H and O–H groups in total. The van der Waals surface area contributed by atoms with Crippen LogP contribution < -0.4 is 11.1 Å². The first kappa shape index (κ1) is 11.4. The molecule has 0 bridgehead atoms. The lowest BCUT2D eigenvalue weighted by atomic mass is 9.96. The minimum atomic E-state index is 0.0452. The van der Waals surface area contributed by atoms with E-state index in [1.54, 1.807) is 6.20 Å². The topological polar surface area (TPSA) is 94.7 Å². The molecule has 0 spiro atoms. The van der Waals surface area contributed by atoms with Crippen LogP contribution in [0, 0.1) is 11.3 Å². The van der Waals surface area contributed by atoms with Crippen LogP contribution in [-0.4, -0.2) is 10.9 Å². The lowest BCUT2D eigenvalue weighted by molar-refractivity contribution is -0.116. The van der Waals surface area contributed by atoms with E-state index < -0.39 is 0 Å². The molecule has 2 heterocycles. The lowest BCUT2D eigenvalue weighted by Crippen LogP contribution is -2.18. The first-order valence-corrected chi connectivity index (χ1v) is 5.99. The fourth-order valence-corrected chi connectivity index (χ4v) is 2.34. The maximum absolute atomic E-state index is 11.3. The zero-order valence-electron chi connectivity index (χ0n) is 10.2. The highest BCUT2D eigenvalue weighted by molar-refractivity contribution is 5.94. The Balaban J connectivity index is 2.08. The number of aryl methyl sites for hydroxylation is 1. The molecule has 0 aliphatic carbocycles. The molecule has 3 rings (SSSR count). The Morgan fingerprint density at radius 2 is 2.16 bits per heavy atom. The molecule has 0 saturated heterocycles. The second-order valence-corrected chi connectivity index (χ2v) is 4.52. The summed E-state index contributed by atoms with van der Waals surface area (Å²) in [6, 6.07) is 7.85. The quantitative estimate of drug-likeness (QED) is 0.724. The van der Waals surface area contributed by atoms with Crippen LogP contribution in [0.3, 0.4) is 0 Å². The van der Waals surface area contributed by atoms with E-state index >= 15 is 0 Å². The number of fused-ring (bicyclic) bond motifs is 1. The number of nitriles is 1. The van der Waals surface area contributed by atoms with Gasteiger partial charge in [0.25, 0.3) is 0 Å². The molecule has 1 aliphatic rings. The number of carbonyl (C=O) groups excluding carboxylic acids is 1. The van der Waals surface area contributed by atoms with E-state index in [0.29, 0.717) is 17.8 Å². The molecule has 1 aromatic carbocycles. The van der Waals surface area contributed by atoms with Gasteiger partial charge in [-0.2, -0.15) is 5.26 Å². The largest absolute Gasteiger partial charge is 0.384 e. The molecule has 94 valence electrons. The van der Waals surface area contributed by atoms with Crippen molar-refractivity contribution in [2.45, 2.75) is 12.8 Å². The molecule has 0 radical (unpaired) electrons. The SMILES string of the molecule is N#Cc1c(-c2ccc3c(c2)CCC(=O)N3)c[nH]c1N. The van der Waals surface area contributed by atoms with E-state index in [0.717, 1.165) is 28.8 Å². The van der Waals surface area contributed by atoms with Crippen molar-refractivity contribution in [3.63, 3.8) is 0 Å². The Morgan fingerprint density at radius 3 is 2.95 bits per heavy atom. The molecular weight excluding hydrogens is 240 g/mol. The molecule has 2 aromatic rings. The van der Waals surface area contributed by atoms with Gasteiger partial charge >= 0.3 is 0 Å². The number of rotatable bonds is 1. The summed E-state index contributed by atoms with van der Waals surface area (Å²) in [4.78, 5) is 14.2. The van der Waals surface area contributed by atoms with Crippen molar-refractivity contribution in [1.82, 2.24) is 4.98 Å². The number of nitrogens with one attached hydrogen (secondary N) is 2. The number of H-pyrrole nitrogens is 1. The maximum Gasteiger partial charge on any atom is 0.224 e. The fraction of sp³-hybridized carbons (Fsp3) is 0.143. The second kappa shape index (κ2) is 4.18. The van der Waals surface area contributed by atoms with Crippen molar-refractivity contribution < 1.29 is 4.79 Å². The van der Waals surface area contributed by atoms with E-state index in [9.17, 15) is 4.79 Å². The van der Waals surface area contributed by atoms with Gasteiger partial charge in [0, 0.05) is 23.9 Å². The number of carbonyl (C=O) groups is 1. The molecule has 0 atom stereocenters. The lowest BCUT2D eigenvalue weighted by Gasteiger charge is -2.17. The van der Waals surface area contributed by atoms with Crippen molar-refractivity contribution in [3.8, 4) is 17.2 Å². The van der Waals surface area contributed by atoms with Gasteiger partial charge in [0.15, 0.2) is 0 Å². The van der Waals surface area contributed by atoms with Gasteiger partial charge in [-0.3, -0.25) is 4.79 Å². The highest BCUT2D eigenvalue weighted by atomic mass is 16.1. The minimum Gasteiger partial charge on any atom is -0.384 e. The number of nitrogens with zero attached hydrogens (tertiary/aromatic N) is 1. The van der Waals surface area contributed by atoms with E-state index in [1.807, 2.05) is 18.2 Å². The number of aromatic amines is 1. The predicted molar refractivity (Wildman–Crippen MR) is 72.3 cm³/mol. The molecule has 0 saturated carbocycles. The highest BCUT2D eigenvalue weighted by Gasteiger charge is 2.17. The van der Waals surface area contributed by atoms with Gasteiger partial charge in [0.1, 0.15) is 17.5 Å². The molecule has 0 unspecified atom stereocenters. The van der Waals surface area contributed by atoms with Crippen molar-refractivity contribution in [2.24, 2.45) is 0 Å². The Labute approximate surface area is 110 Å². The Kier molecular flexibility index (Phi) is 2.50. The van der Waals surface area contributed by atoms with Crippen molar-refractivity contribution in [2.75, 3.05) is 11.1 Å². The van der Waals surface area contributed by atoms with Gasteiger partial charge in [-0.05, 0) is 29.7 Å². The number of nitrogen functional groups attached to an aromatic ring is 1. The second-order valence-electron chi connectivity index (χ2n) is 4.52. The van der Waals surface area contributed by atoms with Crippen LogP contribution in [0.15, 0.2) is 24.4 Å². The standard InChI is InChI=1S/C14H12N4O/c15-6-10-11(7-17-14(10)16)8-1-3-12-9(5-8)2-4-13(19)18-12/h1,3,5,7,17H,2,4,16H2,(H,18,19). The zero-order valence-corrected chi connectivity index (χ0v) is 10.2. The average Bonchev–Trinajstić information content (AvgIpc) is 2.79. The first-order chi connectivity index (χ1) is 9.19. The number of hydrogen-bond donors (Lipinski definition) is 3. The Bertz CT molecular complexity index is 709. The van der Waals surface area contributed by atoms with Gasteiger partial charge in [-0.25, -0.2) is 0 Å². The van der Waals surface area contributed by atoms with Crippen LogP contribution in [0.4, 0.5) is 11.5 Å². The molecule has 1 amide bonds. The minimum absolute atomic E-state index is 0.0452. The van der Waals surface area contributed by atoms with E-state index in [4.69, 9.17) is 11.0 Å². The number of hydrogen-bond acceptors (Lipinski definition) is 3. The molecule has 5 nitrogen and oxygen atoms in total. The summed E-state index contributed by atoms with van der Waals surface area (Å²) < 4.78 is 0. The molecule has 0 fully saturated rings. The van der Waals surface area contributed by atoms with E-state index in [-0.39, 0.29) is 5.91 Å². The van der Waals surface area contributed by atoms with Gasteiger partial charge in [0.05, 0.1) is 0 Å². The Hall–Kier alpha value is -2.74. The molecule has 19 heavy (non-hydrogen) atoms. The Morgan fingerprint density at radius 1 is 1.32 bits per heavy atom. The zero-order chi connectivity index (χ0) is 13.4. The summed E-state index contributed by atoms with van der Waals surface area (Å²) in [5, 5.41) is 12.0. The van der Waals surface area contributed by atoms with Gasteiger partial charge in [-0.1, -0.05) is 6.07 Å². The van der Waals surface area contributed by atoms with Crippen molar-refractivity contribution in [1.29, 1.82) is 5.26 Å². The number of amides is 1. The van der Waals surface area contributed by atoms with Crippen molar-refractivity contribution in [3.05, 3.63) is 35.5 Å². The summed E-state index contributed by atoms with van der Waals surface area (Å²) >= 11 is 0. The van der Waals surface area contributed by atoms with E-state index in [2.05, 4.69) is 16.4 Å². The third kappa shape index (κ3) is 1.83. The number of benzene rings is 1. The number of aromatic nitrogens is 1. The van der Waals surface area contributed by atoms with Gasteiger partial charge in [-0.15, -0.1) is 0 Å². The van der Waals surface area contributed by atoms with Crippen LogP contribution in [0.2, 0.25) is 0 Å². The van der Waals surface area contributed by atoms with Crippen LogP contribution in [0.5, 0.6) is 0 Å². The van der Waals surface area contributed by atoms with Gasteiger partial charge in [0.2, 0.25) is 5.91 Å². The summed E-state index contributed by atoms with van der Waals surface area (Å²) in [5.41, 5.74) is 9.82. The van der Waals surface area contributed by atoms with Crippen LogP contribution in [-0.2, 0) is 11.2 Å². The van der Waals surface area contributed by atoms with Crippen LogP contribution >= 0.6 is 0 Å². The summed E-state index contributed by atoms with van der Waals surface area (Å²) in [5.74, 6) is 0.423. The summed E-state index contributed by atoms with van der Waals surface area (Å²) in [7, 11) is 0. The third-order valence-corrected chi connectivity index (χ3v) is 3.33. The van der Waals surface area contributed by atoms with Crippen molar-refractivity contribution >= 4 is 17.4 Å². The number of nitrogens with two attached hydrogens (primary N) is 1. The molecule has 5 heteroatoms. The maximum atomic E-state index is 11.3. The average molecular weight is 252 g/mol. The predicted octanol–water partition coefficient (Wildman–Crippen LogP) is 2.02. The molecular formula is C14H12N4O. The molecule has 1 aromatic heterocycles. The van der Waals surface area contributed by atoms with E-state index in [1.165, 1.54) is 0 Å². The molecule has 1 aliphatic heterocycles. The fourth-order valence-electron chi connectivity index (χ4n) is 2.34. The smallest absolute Gasteiger partial charge is 0.224 e. The normalized spacial score (nSPS) is 13.5.